The molecule has 0 saturated heterocycles. The van der Waals surface area contributed by atoms with E-state index in [2.05, 4.69) is 38.1 Å². The van der Waals surface area contributed by atoms with Crippen LogP contribution in [-0.4, -0.2) is 12.2 Å². The first-order valence-corrected chi connectivity index (χ1v) is 5.52. The van der Waals surface area contributed by atoms with Gasteiger partial charge in [0, 0.05) is 0 Å². The van der Waals surface area contributed by atoms with Gasteiger partial charge in [0.15, 0.2) is 0 Å². The van der Waals surface area contributed by atoms with E-state index in [-0.39, 0.29) is 0 Å². The molecule has 0 heterocycles. The van der Waals surface area contributed by atoms with Gasteiger partial charge in [0.05, 0.1) is 12.2 Å². The molecule has 0 amide bonds. The van der Waals surface area contributed by atoms with Gasteiger partial charge in [-0.1, -0.05) is 31.2 Å². The maximum absolute atomic E-state index is 5.94. The molecule has 0 spiro atoms. The second-order valence-electron chi connectivity index (χ2n) is 4.15. The third-order valence-corrected chi connectivity index (χ3v) is 3.01. The van der Waals surface area contributed by atoms with Crippen LogP contribution in [0.4, 0.5) is 0 Å². The number of ether oxygens (including phenoxy) is 1. The molecule has 76 valence electrons. The molecule has 0 fully saturated rings. The lowest BCUT2D eigenvalue weighted by Gasteiger charge is -2.16. The van der Waals surface area contributed by atoms with Gasteiger partial charge >= 0.3 is 0 Å². The van der Waals surface area contributed by atoms with Crippen molar-refractivity contribution in [2.24, 2.45) is 0 Å². The van der Waals surface area contributed by atoms with Crippen molar-refractivity contribution in [3.63, 3.8) is 0 Å². The number of hydrogen-bond acceptors (Lipinski definition) is 1. The molecule has 1 aromatic carbocycles. The topological polar surface area (TPSA) is 9.23 Å². The summed E-state index contributed by atoms with van der Waals surface area (Å²) in [6.07, 6.45) is 4.12. The van der Waals surface area contributed by atoms with Gasteiger partial charge in [-0.2, -0.15) is 0 Å². The van der Waals surface area contributed by atoms with Crippen LogP contribution >= 0.6 is 0 Å². The van der Waals surface area contributed by atoms with Crippen LogP contribution < -0.4 is 0 Å². The van der Waals surface area contributed by atoms with Crippen LogP contribution in [0, 0.1) is 0 Å². The molecule has 1 aliphatic carbocycles. The van der Waals surface area contributed by atoms with E-state index >= 15 is 0 Å². The first kappa shape index (κ1) is 9.72. The molecule has 0 bridgehead atoms. The molecule has 1 atom stereocenters. The zero-order valence-corrected chi connectivity index (χ0v) is 8.99. The molecular formula is C13H18O. The van der Waals surface area contributed by atoms with Crippen molar-refractivity contribution in [3.05, 3.63) is 35.4 Å². The Labute approximate surface area is 86.1 Å². The van der Waals surface area contributed by atoms with Gasteiger partial charge in [-0.25, -0.2) is 0 Å². The maximum atomic E-state index is 5.94. The first-order valence-electron chi connectivity index (χ1n) is 5.52. The highest BCUT2D eigenvalue weighted by molar-refractivity contribution is 5.32. The molecule has 2 rings (SSSR count). The Balaban J connectivity index is 1.98. The number of rotatable bonds is 3. The molecule has 1 aliphatic rings. The zero-order chi connectivity index (χ0) is 9.97. The SMILES string of the molecule is CCC(C)OC1Cc2ccccc2C1. The molecular weight excluding hydrogens is 172 g/mol. The van der Waals surface area contributed by atoms with Crippen molar-refractivity contribution in [1.82, 2.24) is 0 Å². The summed E-state index contributed by atoms with van der Waals surface area (Å²) in [5, 5.41) is 0. The van der Waals surface area contributed by atoms with Crippen molar-refractivity contribution >= 4 is 0 Å². The minimum Gasteiger partial charge on any atom is -0.375 e. The Morgan fingerprint density at radius 3 is 2.36 bits per heavy atom. The van der Waals surface area contributed by atoms with E-state index < -0.39 is 0 Å². The van der Waals surface area contributed by atoms with Crippen molar-refractivity contribution in [2.45, 2.75) is 45.3 Å². The molecule has 1 unspecified atom stereocenters. The normalized spacial score (nSPS) is 18.1. The third kappa shape index (κ3) is 1.98. The Hall–Kier alpha value is -0.820. The van der Waals surface area contributed by atoms with Crippen LogP contribution in [-0.2, 0) is 17.6 Å². The molecule has 0 aliphatic heterocycles. The smallest absolute Gasteiger partial charge is 0.0659 e. The number of fused-ring (bicyclic) bond motifs is 1. The lowest BCUT2D eigenvalue weighted by molar-refractivity contribution is 0.00258. The summed E-state index contributed by atoms with van der Waals surface area (Å²) in [6, 6.07) is 8.67. The summed E-state index contributed by atoms with van der Waals surface area (Å²) in [5.41, 5.74) is 2.95. The van der Waals surface area contributed by atoms with E-state index in [9.17, 15) is 0 Å². The lowest BCUT2D eigenvalue weighted by atomic mass is 10.1. The highest BCUT2D eigenvalue weighted by atomic mass is 16.5. The van der Waals surface area contributed by atoms with Crippen molar-refractivity contribution in [2.75, 3.05) is 0 Å². The average Bonchev–Trinajstić information content (AvgIpc) is 2.59. The fourth-order valence-electron chi connectivity index (χ4n) is 2.04. The zero-order valence-electron chi connectivity index (χ0n) is 8.99. The fourth-order valence-corrected chi connectivity index (χ4v) is 2.04. The van der Waals surface area contributed by atoms with Crippen LogP contribution in [0.2, 0.25) is 0 Å². The first-order chi connectivity index (χ1) is 6.79. The summed E-state index contributed by atoms with van der Waals surface area (Å²) < 4.78 is 5.94. The minimum absolute atomic E-state index is 0.398. The minimum atomic E-state index is 0.398. The maximum Gasteiger partial charge on any atom is 0.0659 e. The third-order valence-electron chi connectivity index (χ3n) is 3.01. The van der Waals surface area contributed by atoms with E-state index in [4.69, 9.17) is 4.74 Å². The number of hydrogen-bond donors (Lipinski definition) is 0. The quantitative estimate of drug-likeness (QED) is 0.712. The van der Waals surface area contributed by atoms with E-state index in [1.807, 2.05) is 0 Å². The summed E-state index contributed by atoms with van der Waals surface area (Å²) in [6.45, 7) is 4.33. The molecule has 0 aromatic heterocycles. The van der Waals surface area contributed by atoms with Crippen LogP contribution in [0.5, 0.6) is 0 Å². The summed E-state index contributed by atoms with van der Waals surface area (Å²) >= 11 is 0. The van der Waals surface area contributed by atoms with E-state index in [1.165, 1.54) is 11.1 Å². The monoisotopic (exact) mass is 190 g/mol. The molecule has 1 nitrogen and oxygen atoms in total. The van der Waals surface area contributed by atoms with Gasteiger partial charge in [-0.05, 0) is 37.3 Å². The highest BCUT2D eigenvalue weighted by Gasteiger charge is 2.22. The summed E-state index contributed by atoms with van der Waals surface area (Å²) in [7, 11) is 0. The van der Waals surface area contributed by atoms with Crippen LogP contribution in [0.15, 0.2) is 24.3 Å². The predicted molar refractivity (Wildman–Crippen MR) is 58.5 cm³/mol. The van der Waals surface area contributed by atoms with Gasteiger partial charge in [-0.15, -0.1) is 0 Å². The molecule has 14 heavy (non-hydrogen) atoms. The summed E-state index contributed by atoms with van der Waals surface area (Å²) in [5.74, 6) is 0. The van der Waals surface area contributed by atoms with E-state index in [0.29, 0.717) is 12.2 Å². The van der Waals surface area contributed by atoms with E-state index in [0.717, 1.165) is 19.3 Å². The highest BCUT2D eigenvalue weighted by Crippen LogP contribution is 2.24. The molecule has 1 heteroatoms. The Kier molecular flexibility index (Phi) is 2.87. The summed E-state index contributed by atoms with van der Waals surface area (Å²) in [4.78, 5) is 0. The van der Waals surface area contributed by atoms with Gasteiger partial charge in [-0.3, -0.25) is 0 Å². The second-order valence-corrected chi connectivity index (χ2v) is 4.15. The van der Waals surface area contributed by atoms with Gasteiger partial charge in [0.2, 0.25) is 0 Å². The Morgan fingerprint density at radius 1 is 1.29 bits per heavy atom. The Morgan fingerprint density at radius 2 is 1.86 bits per heavy atom. The van der Waals surface area contributed by atoms with Gasteiger partial charge < -0.3 is 4.74 Å². The molecule has 1 aromatic rings. The second kappa shape index (κ2) is 4.14. The predicted octanol–water partition coefficient (Wildman–Crippen LogP) is 2.97. The van der Waals surface area contributed by atoms with Crippen molar-refractivity contribution in [3.8, 4) is 0 Å². The van der Waals surface area contributed by atoms with Crippen molar-refractivity contribution < 1.29 is 4.74 Å². The number of benzene rings is 1. The van der Waals surface area contributed by atoms with Gasteiger partial charge in [0.1, 0.15) is 0 Å². The van der Waals surface area contributed by atoms with Gasteiger partial charge in [0.25, 0.3) is 0 Å². The van der Waals surface area contributed by atoms with Crippen LogP contribution in [0.1, 0.15) is 31.4 Å². The lowest BCUT2D eigenvalue weighted by Crippen LogP contribution is -2.19. The standard InChI is InChI=1S/C13H18O/c1-3-10(2)14-13-8-11-6-4-5-7-12(11)9-13/h4-7,10,13H,3,8-9H2,1-2H3. The largest absolute Gasteiger partial charge is 0.375 e. The average molecular weight is 190 g/mol. The molecule has 0 radical (unpaired) electrons. The molecule has 0 N–H and O–H groups in total. The van der Waals surface area contributed by atoms with E-state index in [1.54, 1.807) is 0 Å². The van der Waals surface area contributed by atoms with Crippen LogP contribution in [0.25, 0.3) is 0 Å². The Bertz CT molecular complexity index is 281. The van der Waals surface area contributed by atoms with Crippen LogP contribution in [0.3, 0.4) is 0 Å². The fraction of sp³-hybridized carbons (Fsp3) is 0.538. The molecule has 0 saturated carbocycles. The van der Waals surface area contributed by atoms with Crippen molar-refractivity contribution in [1.29, 1.82) is 0 Å².